The molecule has 0 aromatic carbocycles. The fourth-order valence-corrected chi connectivity index (χ4v) is 4.46. The largest absolute Gasteiger partial charge is 0.480 e. The maximum atomic E-state index is 12.2. The van der Waals surface area contributed by atoms with Crippen molar-refractivity contribution in [3.05, 3.63) is 0 Å². The number of rotatable bonds is 6. The Morgan fingerprint density at radius 2 is 2.15 bits per heavy atom. The molecule has 20 heavy (non-hydrogen) atoms. The summed E-state index contributed by atoms with van der Waals surface area (Å²) in [7, 11) is -0.864. The molecule has 1 aliphatic carbocycles. The molecule has 2 fully saturated rings. The maximum Gasteiger partial charge on any atom is 0.327 e. The highest BCUT2D eigenvalue weighted by atomic mass is 32.2. The van der Waals surface area contributed by atoms with Crippen LogP contribution in [-0.2, 0) is 15.6 Å². The van der Waals surface area contributed by atoms with Gasteiger partial charge in [-0.1, -0.05) is 0 Å². The van der Waals surface area contributed by atoms with Gasteiger partial charge in [-0.05, 0) is 25.2 Å². The minimum atomic E-state index is -0.939. The molecule has 1 heterocycles. The van der Waals surface area contributed by atoms with Gasteiger partial charge in [0.2, 0.25) is 0 Å². The molecule has 1 saturated heterocycles. The van der Waals surface area contributed by atoms with E-state index in [4.69, 9.17) is 0 Å². The van der Waals surface area contributed by atoms with E-state index in [2.05, 4.69) is 5.32 Å². The molecule has 3 unspecified atom stereocenters. The first-order valence-electron chi connectivity index (χ1n) is 6.71. The molecule has 2 N–H and O–H groups in total. The normalized spacial score (nSPS) is 27.4. The highest BCUT2D eigenvalue weighted by Gasteiger charge is 2.47. The summed E-state index contributed by atoms with van der Waals surface area (Å²) >= 11 is 1.57. The van der Waals surface area contributed by atoms with Crippen molar-refractivity contribution in [2.24, 2.45) is 5.92 Å². The Morgan fingerprint density at radius 3 is 2.70 bits per heavy atom. The third-order valence-corrected chi connectivity index (χ3v) is 5.79. The number of urea groups is 1. The molecule has 114 valence electrons. The fourth-order valence-electron chi connectivity index (χ4n) is 2.28. The Balaban J connectivity index is 1.89. The lowest BCUT2D eigenvalue weighted by atomic mass is 10.2. The average molecular weight is 320 g/mol. The van der Waals surface area contributed by atoms with E-state index in [-0.39, 0.29) is 11.4 Å². The van der Waals surface area contributed by atoms with Crippen molar-refractivity contribution < 1.29 is 18.9 Å². The quantitative estimate of drug-likeness (QED) is 0.704. The minimum absolute atomic E-state index is 0.00333. The van der Waals surface area contributed by atoms with Crippen LogP contribution in [0.15, 0.2) is 0 Å². The van der Waals surface area contributed by atoms with E-state index < -0.39 is 22.8 Å². The Morgan fingerprint density at radius 1 is 1.45 bits per heavy atom. The van der Waals surface area contributed by atoms with Crippen LogP contribution in [0.25, 0.3) is 0 Å². The molecular formula is C12H20N2O4S2. The van der Waals surface area contributed by atoms with E-state index in [0.717, 1.165) is 12.8 Å². The lowest BCUT2D eigenvalue weighted by Gasteiger charge is -2.27. The van der Waals surface area contributed by atoms with E-state index in [1.54, 1.807) is 18.0 Å². The van der Waals surface area contributed by atoms with Gasteiger partial charge in [0, 0.05) is 35.1 Å². The minimum Gasteiger partial charge on any atom is -0.480 e. The number of thioether (sulfide) groups is 1. The Hall–Kier alpha value is -0.760. The van der Waals surface area contributed by atoms with Crippen molar-refractivity contribution in [3.8, 4) is 0 Å². The van der Waals surface area contributed by atoms with Gasteiger partial charge in [-0.25, -0.2) is 9.59 Å². The fraction of sp³-hybridized carbons (Fsp3) is 0.833. The van der Waals surface area contributed by atoms with Crippen LogP contribution in [0.4, 0.5) is 4.79 Å². The van der Waals surface area contributed by atoms with E-state index in [0.29, 0.717) is 30.4 Å². The smallest absolute Gasteiger partial charge is 0.327 e. The molecule has 0 aromatic heterocycles. The predicted octanol–water partition coefficient (Wildman–Crippen LogP) is 0.703. The highest BCUT2D eigenvalue weighted by molar-refractivity contribution is 8.00. The molecule has 2 amide bonds. The summed E-state index contributed by atoms with van der Waals surface area (Å²) < 4.78 is 10.9. The van der Waals surface area contributed by atoms with E-state index in [1.807, 2.05) is 0 Å². The van der Waals surface area contributed by atoms with Crippen LogP contribution in [0.2, 0.25) is 0 Å². The van der Waals surface area contributed by atoms with Gasteiger partial charge >= 0.3 is 12.0 Å². The third-order valence-electron chi connectivity index (χ3n) is 3.46. The van der Waals surface area contributed by atoms with Gasteiger partial charge in [-0.2, -0.15) is 0 Å². The summed E-state index contributed by atoms with van der Waals surface area (Å²) in [5, 5.41) is 12.0. The van der Waals surface area contributed by atoms with E-state index in [1.165, 1.54) is 4.90 Å². The molecule has 1 aliphatic heterocycles. The molecule has 0 aromatic rings. The number of amides is 2. The van der Waals surface area contributed by atoms with Crippen LogP contribution in [0.1, 0.15) is 19.3 Å². The Bertz CT molecular complexity index is 414. The number of aliphatic carboxylic acids is 1. The van der Waals surface area contributed by atoms with Crippen LogP contribution >= 0.6 is 11.8 Å². The first kappa shape index (κ1) is 15.6. The van der Waals surface area contributed by atoms with Gasteiger partial charge in [0.25, 0.3) is 0 Å². The summed E-state index contributed by atoms with van der Waals surface area (Å²) in [5.41, 5.74) is 0. The summed E-state index contributed by atoms with van der Waals surface area (Å²) in [4.78, 5) is 25.0. The monoisotopic (exact) mass is 320 g/mol. The lowest BCUT2D eigenvalue weighted by molar-refractivity contribution is -0.141. The maximum absolute atomic E-state index is 12.2. The second kappa shape index (κ2) is 6.80. The van der Waals surface area contributed by atoms with Gasteiger partial charge < -0.3 is 10.4 Å². The van der Waals surface area contributed by atoms with Crippen molar-refractivity contribution in [2.75, 3.05) is 24.3 Å². The van der Waals surface area contributed by atoms with Crippen molar-refractivity contribution in [1.29, 1.82) is 0 Å². The molecule has 8 heteroatoms. The Kier molecular flexibility index (Phi) is 5.31. The molecule has 0 spiro atoms. The van der Waals surface area contributed by atoms with Gasteiger partial charge in [-0.3, -0.25) is 9.11 Å². The lowest BCUT2D eigenvalue weighted by Crippen LogP contribution is -2.51. The standard InChI is InChI=1S/C12H20N2O4S2/c1-20(18)6-2-5-13-12(17)14-9(11(15)16)7-19-10(14)8-3-4-8/h8-10H,2-7H2,1H3,(H,13,17)(H,15,16). The van der Waals surface area contributed by atoms with Gasteiger partial charge in [0.15, 0.2) is 0 Å². The number of carboxylic acid groups (broad SMARTS) is 1. The Labute approximate surface area is 125 Å². The summed E-state index contributed by atoms with van der Waals surface area (Å²) in [6.45, 7) is 0.434. The van der Waals surface area contributed by atoms with Crippen molar-refractivity contribution >= 4 is 34.6 Å². The van der Waals surface area contributed by atoms with Gasteiger partial charge in [0.1, 0.15) is 6.04 Å². The number of hydrogen-bond acceptors (Lipinski definition) is 4. The second-order valence-electron chi connectivity index (χ2n) is 5.19. The number of nitrogens with zero attached hydrogens (tertiary/aromatic N) is 1. The van der Waals surface area contributed by atoms with Crippen LogP contribution < -0.4 is 5.32 Å². The zero-order chi connectivity index (χ0) is 14.7. The number of carboxylic acids is 1. The summed E-state index contributed by atoms with van der Waals surface area (Å²) in [6, 6.07) is -1.04. The van der Waals surface area contributed by atoms with Gasteiger partial charge in [-0.15, -0.1) is 11.8 Å². The van der Waals surface area contributed by atoms with Crippen LogP contribution in [0, 0.1) is 5.92 Å². The summed E-state index contributed by atoms with van der Waals surface area (Å²) in [6.07, 6.45) is 4.41. The first-order valence-corrected chi connectivity index (χ1v) is 9.49. The van der Waals surface area contributed by atoms with Crippen molar-refractivity contribution in [2.45, 2.75) is 30.7 Å². The molecular weight excluding hydrogens is 300 g/mol. The van der Waals surface area contributed by atoms with Gasteiger partial charge in [0.05, 0.1) is 5.37 Å². The van der Waals surface area contributed by atoms with Crippen LogP contribution in [0.5, 0.6) is 0 Å². The van der Waals surface area contributed by atoms with Crippen LogP contribution in [0.3, 0.4) is 0 Å². The predicted molar refractivity (Wildman–Crippen MR) is 79.2 cm³/mol. The molecule has 1 saturated carbocycles. The highest BCUT2D eigenvalue weighted by Crippen LogP contribution is 2.45. The second-order valence-corrected chi connectivity index (χ2v) is 7.89. The van der Waals surface area contributed by atoms with E-state index >= 15 is 0 Å². The summed E-state index contributed by atoms with van der Waals surface area (Å²) in [5.74, 6) is 0.510. The third kappa shape index (κ3) is 3.88. The topological polar surface area (TPSA) is 86.7 Å². The SMILES string of the molecule is CS(=O)CCCNC(=O)N1C(C(=O)O)CSC1C1CC1. The zero-order valence-electron chi connectivity index (χ0n) is 11.4. The molecule has 3 atom stereocenters. The number of carbonyl (C=O) groups is 2. The average Bonchev–Trinajstić information content (AvgIpc) is 3.12. The van der Waals surface area contributed by atoms with Crippen molar-refractivity contribution in [1.82, 2.24) is 10.2 Å². The van der Waals surface area contributed by atoms with Crippen LogP contribution in [-0.4, -0.2) is 61.9 Å². The van der Waals surface area contributed by atoms with E-state index in [9.17, 15) is 18.9 Å². The molecule has 6 nitrogen and oxygen atoms in total. The number of carbonyl (C=O) groups excluding carboxylic acids is 1. The zero-order valence-corrected chi connectivity index (χ0v) is 13.0. The molecule has 0 bridgehead atoms. The number of nitrogens with one attached hydrogen (secondary N) is 1. The number of hydrogen-bond donors (Lipinski definition) is 2. The first-order chi connectivity index (χ1) is 9.50. The van der Waals surface area contributed by atoms with Crippen molar-refractivity contribution in [3.63, 3.8) is 0 Å². The molecule has 0 radical (unpaired) electrons. The molecule has 2 aliphatic rings. The molecule has 2 rings (SSSR count).